The van der Waals surface area contributed by atoms with Crippen molar-refractivity contribution in [3.63, 3.8) is 0 Å². The summed E-state index contributed by atoms with van der Waals surface area (Å²) in [5.41, 5.74) is 3.03. The third-order valence-corrected chi connectivity index (χ3v) is 4.49. The lowest BCUT2D eigenvalue weighted by atomic mass is 10.2. The Kier molecular flexibility index (Phi) is 2.97. The molecule has 0 saturated carbocycles. The molecular weight excluding hydrogens is 298 g/mol. The Morgan fingerprint density at radius 3 is 2.50 bits per heavy atom. The van der Waals surface area contributed by atoms with Gasteiger partial charge in [-0.3, -0.25) is 4.40 Å². The zero-order chi connectivity index (χ0) is 15.1. The van der Waals surface area contributed by atoms with Gasteiger partial charge in [0.05, 0.1) is 25.4 Å². The quantitative estimate of drug-likeness (QED) is 0.580. The molecule has 0 radical (unpaired) electrons. The number of ether oxygens (including phenoxy) is 2. The van der Waals surface area contributed by atoms with Gasteiger partial charge in [0.15, 0.2) is 4.96 Å². The summed E-state index contributed by atoms with van der Waals surface area (Å²) in [5.74, 6) is 1.46. The van der Waals surface area contributed by atoms with Gasteiger partial charge in [-0.25, -0.2) is 9.97 Å². The molecule has 3 heterocycles. The second-order valence-electron chi connectivity index (χ2n) is 4.79. The number of fused-ring (bicyclic) bond motifs is 3. The van der Waals surface area contributed by atoms with Crippen LogP contribution in [0.1, 0.15) is 0 Å². The van der Waals surface area contributed by atoms with Gasteiger partial charge in [0.2, 0.25) is 5.88 Å². The summed E-state index contributed by atoms with van der Waals surface area (Å²) in [5, 5.41) is 0. The fourth-order valence-corrected chi connectivity index (χ4v) is 3.36. The fraction of sp³-hybridized carbons (Fsp3) is 0.125. The molecule has 0 saturated heterocycles. The molecule has 0 N–H and O–H groups in total. The van der Waals surface area contributed by atoms with E-state index < -0.39 is 0 Å². The molecule has 3 aromatic heterocycles. The molecule has 0 aliphatic rings. The van der Waals surface area contributed by atoms with Crippen LogP contribution in [0.2, 0.25) is 0 Å². The normalized spacial score (nSPS) is 11.2. The van der Waals surface area contributed by atoms with E-state index in [9.17, 15) is 0 Å². The highest BCUT2D eigenvalue weighted by Gasteiger charge is 2.11. The summed E-state index contributed by atoms with van der Waals surface area (Å²) >= 11 is 1.55. The zero-order valence-corrected chi connectivity index (χ0v) is 12.9. The number of nitrogens with zero attached hydrogens (tertiary/aromatic N) is 3. The van der Waals surface area contributed by atoms with Crippen molar-refractivity contribution in [2.24, 2.45) is 0 Å². The molecule has 0 spiro atoms. The first-order valence-corrected chi connectivity index (χ1v) is 7.57. The van der Waals surface area contributed by atoms with Crippen LogP contribution in [0.15, 0.2) is 42.6 Å². The zero-order valence-electron chi connectivity index (χ0n) is 12.1. The number of hydrogen-bond acceptors (Lipinski definition) is 5. The van der Waals surface area contributed by atoms with Crippen molar-refractivity contribution in [3.05, 3.63) is 42.6 Å². The molecule has 4 rings (SSSR count). The summed E-state index contributed by atoms with van der Waals surface area (Å²) in [4.78, 5) is 11.0. The summed E-state index contributed by atoms with van der Waals surface area (Å²) < 4.78 is 12.4. The van der Waals surface area contributed by atoms with Crippen molar-refractivity contribution in [2.45, 2.75) is 0 Å². The highest BCUT2D eigenvalue weighted by molar-refractivity contribution is 7.23. The molecule has 5 nitrogen and oxygen atoms in total. The fourth-order valence-electron chi connectivity index (χ4n) is 2.38. The van der Waals surface area contributed by atoms with Crippen LogP contribution in [0.3, 0.4) is 0 Å². The van der Waals surface area contributed by atoms with Crippen LogP contribution in [0.25, 0.3) is 26.6 Å². The molecule has 0 atom stereocenters. The Morgan fingerprint density at radius 2 is 1.77 bits per heavy atom. The van der Waals surface area contributed by atoms with Gasteiger partial charge in [-0.1, -0.05) is 11.3 Å². The van der Waals surface area contributed by atoms with E-state index in [2.05, 4.69) is 9.38 Å². The van der Waals surface area contributed by atoms with E-state index in [1.807, 2.05) is 42.6 Å². The third-order valence-electron chi connectivity index (χ3n) is 3.53. The van der Waals surface area contributed by atoms with Crippen molar-refractivity contribution in [1.82, 2.24) is 14.4 Å². The summed E-state index contributed by atoms with van der Waals surface area (Å²) in [6.45, 7) is 0. The van der Waals surface area contributed by atoms with Crippen LogP contribution in [-0.2, 0) is 0 Å². The van der Waals surface area contributed by atoms with Crippen molar-refractivity contribution < 1.29 is 9.47 Å². The summed E-state index contributed by atoms with van der Waals surface area (Å²) in [6, 6.07) is 11.8. The number of rotatable bonds is 3. The molecule has 0 amide bonds. The standard InChI is InChI=1S/C16H13N3O2S/c1-20-11-5-3-10(4-6-11)12-9-19-13-7-8-14(21-2)18-15(13)22-16(19)17-12/h3-9H,1-2H3. The van der Waals surface area contributed by atoms with Crippen LogP contribution in [0.4, 0.5) is 0 Å². The van der Waals surface area contributed by atoms with Crippen molar-refractivity contribution in [1.29, 1.82) is 0 Å². The number of hydrogen-bond donors (Lipinski definition) is 0. The van der Waals surface area contributed by atoms with Gasteiger partial charge in [-0.05, 0) is 30.3 Å². The van der Waals surface area contributed by atoms with Crippen LogP contribution >= 0.6 is 11.3 Å². The minimum Gasteiger partial charge on any atom is -0.497 e. The SMILES string of the molecule is COc1ccc(-c2cn3c(n2)sc2nc(OC)ccc23)cc1. The molecule has 0 aliphatic carbocycles. The first-order valence-electron chi connectivity index (χ1n) is 6.75. The van der Waals surface area contributed by atoms with Gasteiger partial charge in [0.25, 0.3) is 0 Å². The Bertz CT molecular complexity index is 957. The number of pyridine rings is 1. The minimum absolute atomic E-state index is 0.618. The predicted molar refractivity (Wildman–Crippen MR) is 86.9 cm³/mol. The molecule has 1 aromatic carbocycles. The highest BCUT2D eigenvalue weighted by Crippen LogP contribution is 2.30. The molecule has 0 unspecified atom stereocenters. The van der Waals surface area contributed by atoms with Crippen LogP contribution in [0, 0.1) is 0 Å². The van der Waals surface area contributed by atoms with E-state index in [0.29, 0.717) is 5.88 Å². The Morgan fingerprint density at radius 1 is 0.955 bits per heavy atom. The number of methoxy groups -OCH3 is 2. The summed E-state index contributed by atoms with van der Waals surface area (Å²) in [7, 11) is 3.28. The van der Waals surface area contributed by atoms with Gasteiger partial charge in [0, 0.05) is 17.8 Å². The number of imidazole rings is 1. The third kappa shape index (κ3) is 2.00. The van der Waals surface area contributed by atoms with Gasteiger partial charge in [-0.2, -0.15) is 0 Å². The van der Waals surface area contributed by atoms with Crippen molar-refractivity contribution >= 4 is 26.6 Å². The largest absolute Gasteiger partial charge is 0.497 e. The van der Waals surface area contributed by atoms with Crippen LogP contribution in [-0.4, -0.2) is 28.6 Å². The van der Waals surface area contributed by atoms with Crippen molar-refractivity contribution in [3.8, 4) is 22.9 Å². The number of benzene rings is 1. The Hall–Kier alpha value is -2.60. The molecule has 0 bridgehead atoms. The van der Waals surface area contributed by atoms with E-state index in [1.54, 1.807) is 25.6 Å². The molecular formula is C16H13N3O2S. The van der Waals surface area contributed by atoms with Gasteiger partial charge in [-0.15, -0.1) is 0 Å². The predicted octanol–water partition coefficient (Wildman–Crippen LogP) is 3.63. The molecule has 22 heavy (non-hydrogen) atoms. The average Bonchev–Trinajstić information content (AvgIpc) is 3.11. The number of aromatic nitrogens is 3. The second-order valence-corrected chi connectivity index (χ2v) is 5.74. The maximum absolute atomic E-state index is 5.18. The van der Waals surface area contributed by atoms with Crippen LogP contribution in [0.5, 0.6) is 11.6 Å². The second kappa shape index (κ2) is 4.99. The first kappa shape index (κ1) is 13.1. The van der Waals surface area contributed by atoms with E-state index in [-0.39, 0.29) is 0 Å². The maximum Gasteiger partial charge on any atom is 0.214 e. The lowest BCUT2D eigenvalue weighted by Crippen LogP contribution is -1.86. The van der Waals surface area contributed by atoms with Crippen molar-refractivity contribution in [2.75, 3.05) is 14.2 Å². The Balaban J connectivity index is 1.83. The Labute approximate surface area is 130 Å². The van der Waals surface area contributed by atoms with Crippen LogP contribution < -0.4 is 9.47 Å². The van der Waals surface area contributed by atoms with E-state index >= 15 is 0 Å². The smallest absolute Gasteiger partial charge is 0.214 e. The summed E-state index contributed by atoms with van der Waals surface area (Å²) in [6.07, 6.45) is 2.03. The lowest BCUT2D eigenvalue weighted by molar-refractivity contribution is 0.400. The molecule has 110 valence electrons. The molecule has 6 heteroatoms. The topological polar surface area (TPSA) is 48.7 Å². The van der Waals surface area contributed by atoms with E-state index in [0.717, 1.165) is 32.3 Å². The molecule has 0 aliphatic heterocycles. The lowest BCUT2D eigenvalue weighted by Gasteiger charge is -2.00. The van der Waals surface area contributed by atoms with Gasteiger partial charge < -0.3 is 9.47 Å². The minimum atomic E-state index is 0.618. The van der Waals surface area contributed by atoms with Gasteiger partial charge >= 0.3 is 0 Å². The van der Waals surface area contributed by atoms with Gasteiger partial charge in [0.1, 0.15) is 10.6 Å². The first-order chi connectivity index (χ1) is 10.8. The number of thiazole rings is 1. The highest BCUT2D eigenvalue weighted by atomic mass is 32.1. The maximum atomic E-state index is 5.18. The average molecular weight is 311 g/mol. The molecule has 4 aromatic rings. The van der Waals surface area contributed by atoms with E-state index in [1.165, 1.54) is 0 Å². The van der Waals surface area contributed by atoms with E-state index in [4.69, 9.17) is 14.5 Å². The molecule has 0 fully saturated rings. The monoisotopic (exact) mass is 311 g/mol.